The lowest BCUT2D eigenvalue weighted by Gasteiger charge is -2.04. The van der Waals surface area contributed by atoms with Gasteiger partial charge in [-0.2, -0.15) is 0 Å². The third-order valence-electron chi connectivity index (χ3n) is 2.28. The highest BCUT2D eigenvalue weighted by molar-refractivity contribution is 7.09. The minimum atomic E-state index is -0.504. The summed E-state index contributed by atoms with van der Waals surface area (Å²) in [7, 11) is 0. The molecule has 94 valence electrons. The summed E-state index contributed by atoms with van der Waals surface area (Å²) in [5.74, 6) is 0. The fourth-order valence-corrected chi connectivity index (χ4v) is 2.31. The van der Waals surface area contributed by atoms with Crippen molar-refractivity contribution in [3.05, 3.63) is 49.4 Å². The predicted octanol–water partition coefficient (Wildman–Crippen LogP) is 3.63. The van der Waals surface area contributed by atoms with E-state index in [-0.39, 0.29) is 10.7 Å². The summed E-state index contributed by atoms with van der Waals surface area (Å²) < 4.78 is 0. The summed E-state index contributed by atoms with van der Waals surface area (Å²) in [5.41, 5.74) is 1.58. The first-order valence-electron chi connectivity index (χ1n) is 5.15. The van der Waals surface area contributed by atoms with Crippen LogP contribution in [0.2, 0.25) is 5.02 Å². The number of halogens is 1. The topological polar surface area (TPSA) is 68.1 Å². The van der Waals surface area contributed by atoms with Gasteiger partial charge in [-0.25, -0.2) is 4.98 Å². The number of hydrogen-bond acceptors (Lipinski definition) is 5. The van der Waals surface area contributed by atoms with Crippen molar-refractivity contribution in [2.75, 3.05) is 5.32 Å². The zero-order chi connectivity index (χ0) is 13.1. The third kappa shape index (κ3) is 2.96. The van der Waals surface area contributed by atoms with Crippen molar-refractivity contribution in [2.24, 2.45) is 0 Å². The zero-order valence-electron chi connectivity index (χ0n) is 9.51. The van der Waals surface area contributed by atoms with Crippen LogP contribution in [0.5, 0.6) is 0 Å². The van der Waals surface area contributed by atoms with Crippen LogP contribution in [-0.2, 0) is 6.54 Å². The quantitative estimate of drug-likeness (QED) is 0.687. The van der Waals surface area contributed by atoms with Gasteiger partial charge in [-0.3, -0.25) is 10.1 Å². The number of nitro benzene ring substituents is 1. The largest absolute Gasteiger partial charge is 0.379 e. The number of nitrogens with one attached hydrogen (secondary N) is 1. The number of nitro groups is 1. The Hall–Kier alpha value is -1.66. The summed E-state index contributed by atoms with van der Waals surface area (Å²) in [6.07, 6.45) is 0. The highest BCUT2D eigenvalue weighted by Crippen LogP contribution is 2.27. The molecule has 1 N–H and O–H groups in total. The van der Waals surface area contributed by atoms with Crippen LogP contribution >= 0.6 is 22.9 Å². The first-order valence-corrected chi connectivity index (χ1v) is 6.41. The van der Waals surface area contributed by atoms with Gasteiger partial charge in [-0.05, 0) is 19.1 Å². The SMILES string of the molecule is Cc1nc(CNc2ccc([N+](=O)[O-])c(Cl)c2)cs1. The number of thiazole rings is 1. The van der Waals surface area contributed by atoms with Gasteiger partial charge in [0.2, 0.25) is 0 Å². The Morgan fingerprint density at radius 3 is 2.89 bits per heavy atom. The zero-order valence-corrected chi connectivity index (χ0v) is 11.1. The van der Waals surface area contributed by atoms with Crippen molar-refractivity contribution in [1.29, 1.82) is 0 Å². The van der Waals surface area contributed by atoms with Crippen LogP contribution in [0.3, 0.4) is 0 Å². The molecular weight excluding hydrogens is 274 g/mol. The van der Waals surface area contributed by atoms with Gasteiger partial charge in [0, 0.05) is 17.1 Å². The van der Waals surface area contributed by atoms with Crippen LogP contribution in [-0.4, -0.2) is 9.91 Å². The van der Waals surface area contributed by atoms with Crippen molar-refractivity contribution in [3.63, 3.8) is 0 Å². The van der Waals surface area contributed by atoms with Gasteiger partial charge < -0.3 is 5.32 Å². The molecule has 2 rings (SSSR count). The van der Waals surface area contributed by atoms with E-state index in [1.54, 1.807) is 23.5 Å². The molecule has 1 heterocycles. The van der Waals surface area contributed by atoms with Crippen molar-refractivity contribution in [1.82, 2.24) is 4.98 Å². The molecule has 0 aliphatic rings. The second-order valence-corrected chi connectivity index (χ2v) is 5.10. The first-order chi connectivity index (χ1) is 8.56. The van der Waals surface area contributed by atoms with E-state index in [0.29, 0.717) is 6.54 Å². The Morgan fingerprint density at radius 1 is 1.56 bits per heavy atom. The molecule has 7 heteroatoms. The van der Waals surface area contributed by atoms with E-state index in [4.69, 9.17) is 11.6 Å². The van der Waals surface area contributed by atoms with E-state index in [2.05, 4.69) is 10.3 Å². The Kier molecular flexibility index (Phi) is 3.78. The molecule has 0 bridgehead atoms. The molecule has 2 aromatic rings. The van der Waals surface area contributed by atoms with Crippen molar-refractivity contribution in [2.45, 2.75) is 13.5 Å². The molecule has 0 unspecified atom stereocenters. The molecule has 18 heavy (non-hydrogen) atoms. The van der Waals surface area contributed by atoms with Crippen LogP contribution in [0.15, 0.2) is 23.6 Å². The summed E-state index contributed by atoms with van der Waals surface area (Å²) in [4.78, 5) is 14.4. The van der Waals surface area contributed by atoms with Gasteiger partial charge in [-0.15, -0.1) is 11.3 Å². The summed E-state index contributed by atoms with van der Waals surface area (Å²) in [6.45, 7) is 2.51. The van der Waals surface area contributed by atoms with E-state index in [1.165, 1.54) is 6.07 Å². The lowest BCUT2D eigenvalue weighted by atomic mass is 10.3. The molecular formula is C11H10ClN3O2S. The van der Waals surface area contributed by atoms with Gasteiger partial charge in [0.25, 0.3) is 5.69 Å². The van der Waals surface area contributed by atoms with Gasteiger partial charge in [0.15, 0.2) is 0 Å². The van der Waals surface area contributed by atoms with Crippen LogP contribution in [0.1, 0.15) is 10.7 Å². The molecule has 0 saturated heterocycles. The summed E-state index contributed by atoms with van der Waals surface area (Å²) in [5, 5.41) is 16.8. The Bertz CT molecular complexity index is 585. The lowest BCUT2D eigenvalue weighted by Crippen LogP contribution is -2.00. The molecule has 0 aliphatic carbocycles. The molecule has 5 nitrogen and oxygen atoms in total. The minimum absolute atomic E-state index is 0.0910. The summed E-state index contributed by atoms with van der Waals surface area (Å²) >= 11 is 7.40. The van der Waals surface area contributed by atoms with Crippen molar-refractivity contribution in [3.8, 4) is 0 Å². The molecule has 0 saturated carbocycles. The smallest absolute Gasteiger partial charge is 0.288 e. The highest BCUT2D eigenvalue weighted by Gasteiger charge is 2.11. The van der Waals surface area contributed by atoms with E-state index in [0.717, 1.165) is 16.4 Å². The standard InChI is InChI=1S/C11H10ClN3O2S/c1-7-14-9(6-18-7)5-13-8-2-3-11(15(16)17)10(12)4-8/h2-4,6,13H,5H2,1H3. The number of aryl methyl sites for hydroxylation is 1. The number of nitrogens with zero attached hydrogens (tertiary/aromatic N) is 2. The predicted molar refractivity (Wildman–Crippen MR) is 72.3 cm³/mol. The minimum Gasteiger partial charge on any atom is -0.379 e. The first kappa shape index (κ1) is 12.8. The van der Waals surface area contributed by atoms with E-state index < -0.39 is 4.92 Å². The molecule has 1 aromatic heterocycles. The van der Waals surface area contributed by atoms with Crippen LogP contribution in [0.25, 0.3) is 0 Å². The maximum atomic E-state index is 10.6. The van der Waals surface area contributed by atoms with Gasteiger partial charge in [-0.1, -0.05) is 11.6 Å². The maximum absolute atomic E-state index is 10.6. The summed E-state index contributed by atoms with van der Waals surface area (Å²) in [6, 6.07) is 4.55. The molecule has 0 aliphatic heterocycles. The number of aromatic nitrogens is 1. The fourth-order valence-electron chi connectivity index (χ4n) is 1.45. The molecule has 1 aromatic carbocycles. The van der Waals surface area contributed by atoms with Crippen LogP contribution in [0, 0.1) is 17.0 Å². The average molecular weight is 284 g/mol. The highest BCUT2D eigenvalue weighted by atomic mass is 35.5. The number of hydrogen-bond donors (Lipinski definition) is 1. The van der Waals surface area contributed by atoms with E-state index >= 15 is 0 Å². The second kappa shape index (κ2) is 5.32. The second-order valence-electron chi connectivity index (χ2n) is 3.63. The van der Waals surface area contributed by atoms with Crippen molar-refractivity contribution < 1.29 is 4.92 Å². The Balaban J connectivity index is 2.06. The van der Waals surface area contributed by atoms with Gasteiger partial charge in [0.1, 0.15) is 5.02 Å². The third-order valence-corrected chi connectivity index (χ3v) is 3.41. The maximum Gasteiger partial charge on any atom is 0.288 e. The fraction of sp³-hybridized carbons (Fsp3) is 0.182. The molecule has 0 radical (unpaired) electrons. The van der Waals surface area contributed by atoms with Gasteiger partial charge in [0.05, 0.1) is 22.2 Å². The van der Waals surface area contributed by atoms with Crippen LogP contribution in [0.4, 0.5) is 11.4 Å². The molecule has 0 spiro atoms. The Labute approximate surface area is 113 Å². The number of benzene rings is 1. The molecule has 0 amide bonds. The average Bonchev–Trinajstić information content (AvgIpc) is 2.72. The molecule has 0 fully saturated rings. The van der Waals surface area contributed by atoms with Gasteiger partial charge >= 0.3 is 0 Å². The monoisotopic (exact) mass is 283 g/mol. The number of anilines is 1. The molecule has 0 atom stereocenters. The Morgan fingerprint density at radius 2 is 2.33 bits per heavy atom. The van der Waals surface area contributed by atoms with Crippen molar-refractivity contribution >= 4 is 34.3 Å². The van der Waals surface area contributed by atoms with E-state index in [1.807, 2.05) is 12.3 Å². The van der Waals surface area contributed by atoms with Crippen LogP contribution < -0.4 is 5.32 Å². The normalized spacial score (nSPS) is 10.3. The lowest BCUT2D eigenvalue weighted by molar-refractivity contribution is -0.384. The number of rotatable bonds is 4. The van der Waals surface area contributed by atoms with E-state index in [9.17, 15) is 10.1 Å².